The molecule has 0 fully saturated rings. The molecular formula is C15H17NO2. The first-order valence-electron chi connectivity index (χ1n) is 5.90. The van der Waals surface area contributed by atoms with Crippen LogP contribution in [0.5, 0.6) is 11.5 Å². The van der Waals surface area contributed by atoms with Gasteiger partial charge in [0.05, 0.1) is 7.11 Å². The maximum Gasteiger partial charge on any atom is 0.162 e. The number of para-hydroxylation sites is 2. The van der Waals surface area contributed by atoms with Crippen LogP contribution in [0.3, 0.4) is 0 Å². The lowest BCUT2D eigenvalue weighted by molar-refractivity contribution is 0.204. The number of hydrogen-bond donors (Lipinski definition) is 1. The summed E-state index contributed by atoms with van der Waals surface area (Å²) in [5.41, 5.74) is 6.84. The van der Waals surface area contributed by atoms with Crippen molar-refractivity contribution in [3.05, 3.63) is 60.2 Å². The normalized spacial score (nSPS) is 11.9. The fourth-order valence-corrected chi connectivity index (χ4v) is 1.79. The van der Waals surface area contributed by atoms with E-state index in [1.807, 2.05) is 54.6 Å². The van der Waals surface area contributed by atoms with E-state index in [4.69, 9.17) is 15.2 Å². The van der Waals surface area contributed by atoms with Gasteiger partial charge in [-0.05, 0) is 17.7 Å². The minimum Gasteiger partial charge on any atom is -0.493 e. The summed E-state index contributed by atoms with van der Waals surface area (Å²) in [4.78, 5) is 0. The molecule has 2 N–H and O–H groups in total. The number of methoxy groups -OCH3 is 1. The molecule has 2 aromatic carbocycles. The lowest BCUT2D eigenvalue weighted by atomic mass is 10.1. The van der Waals surface area contributed by atoms with Crippen molar-refractivity contribution < 1.29 is 9.47 Å². The second-order valence-corrected chi connectivity index (χ2v) is 3.90. The summed E-state index contributed by atoms with van der Waals surface area (Å²) >= 11 is 0. The van der Waals surface area contributed by atoms with E-state index in [9.17, 15) is 0 Å². The van der Waals surface area contributed by atoms with Crippen LogP contribution in [0.1, 0.15) is 11.7 Å². The van der Waals surface area contributed by atoms with E-state index < -0.39 is 0 Å². The van der Waals surface area contributed by atoms with Gasteiger partial charge in [0, 0.05) is 6.54 Å². The van der Waals surface area contributed by atoms with Gasteiger partial charge in [-0.1, -0.05) is 42.5 Å². The summed E-state index contributed by atoms with van der Waals surface area (Å²) in [5, 5.41) is 0. The highest BCUT2D eigenvalue weighted by Crippen LogP contribution is 2.30. The molecule has 0 spiro atoms. The lowest BCUT2D eigenvalue weighted by Gasteiger charge is -2.19. The van der Waals surface area contributed by atoms with Gasteiger partial charge in [-0.25, -0.2) is 0 Å². The van der Waals surface area contributed by atoms with Crippen LogP contribution in [0.4, 0.5) is 0 Å². The fraction of sp³-hybridized carbons (Fsp3) is 0.200. The maximum atomic E-state index is 5.92. The zero-order valence-corrected chi connectivity index (χ0v) is 10.4. The molecule has 0 aliphatic carbocycles. The molecule has 94 valence electrons. The molecule has 2 aromatic rings. The van der Waals surface area contributed by atoms with E-state index in [-0.39, 0.29) is 6.10 Å². The molecular weight excluding hydrogens is 226 g/mol. The topological polar surface area (TPSA) is 44.5 Å². The standard InChI is InChI=1S/C15H17NO2/c1-17-13-9-5-6-10-14(13)18-15(11-16)12-7-3-2-4-8-12/h2-10,15H,11,16H2,1H3. The molecule has 1 atom stereocenters. The third-order valence-corrected chi connectivity index (χ3v) is 2.72. The molecule has 0 saturated heterocycles. The van der Waals surface area contributed by atoms with Crippen molar-refractivity contribution in [1.82, 2.24) is 0 Å². The zero-order valence-electron chi connectivity index (χ0n) is 10.4. The zero-order chi connectivity index (χ0) is 12.8. The smallest absolute Gasteiger partial charge is 0.162 e. The Morgan fingerprint density at radius 3 is 2.17 bits per heavy atom. The number of benzene rings is 2. The molecule has 18 heavy (non-hydrogen) atoms. The predicted octanol–water partition coefficient (Wildman–Crippen LogP) is 2.77. The first kappa shape index (κ1) is 12.5. The fourth-order valence-electron chi connectivity index (χ4n) is 1.79. The highest BCUT2D eigenvalue weighted by molar-refractivity contribution is 5.40. The average molecular weight is 243 g/mol. The highest BCUT2D eigenvalue weighted by atomic mass is 16.5. The van der Waals surface area contributed by atoms with Crippen molar-refractivity contribution >= 4 is 0 Å². The number of rotatable bonds is 5. The minimum absolute atomic E-state index is 0.164. The van der Waals surface area contributed by atoms with Crippen LogP contribution in [0.25, 0.3) is 0 Å². The maximum absolute atomic E-state index is 5.92. The van der Waals surface area contributed by atoms with Crippen molar-refractivity contribution in [2.75, 3.05) is 13.7 Å². The van der Waals surface area contributed by atoms with Gasteiger partial charge >= 0.3 is 0 Å². The largest absolute Gasteiger partial charge is 0.493 e. The van der Waals surface area contributed by atoms with Gasteiger partial charge in [0.15, 0.2) is 11.5 Å². The molecule has 3 heteroatoms. The molecule has 0 saturated carbocycles. The predicted molar refractivity (Wildman–Crippen MR) is 71.9 cm³/mol. The average Bonchev–Trinajstić information content (AvgIpc) is 2.46. The van der Waals surface area contributed by atoms with Crippen LogP contribution in [0.2, 0.25) is 0 Å². The van der Waals surface area contributed by atoms with Gasteiger partial charge in [-0.3, -0.25) is 0 Å². The molecule has 0 aliphatic rings. The Hall–Kier alpha value is -2.00. The Labute approximate surface area is 107 Å². The van der Waals surface area contributed by atoms with E-state index >= 15 is 0 Å². The van der Waals surface area contributed by atoms with Crippen molar-refractivity contribution in [1.29, 1.82) is 0 Å². The summed E-state index contributed by atoms with van der Waals surface area (Å²) in [6.07, 6.45) is -0.164. The van der Waals surface area contributed by atoms with E-state index in [0.29, 0.717) is 18.0 Å². The Balaban J connectivity index is 2.21. The highest BCUT2D eigenvalue weighted by Gasteiger charge is 2.13. The van der Waals surface area contributed by atoms with Gasteiger partial charge in [0.2, 0.25) is 0 Å². The minimum atomic E-state index is -0.164. The van der Waals surface area contributed by atoms with E-state index in [1.54, 1.807) is 7.11 Å². The summed E-state index contributed by atoms with van der Waals surface area (Å²) in [7, 11) is 1.63. The van der Waals surface area contributed by atoms with Crippen LogP contribution in [-0.2, 0) is 0 Å². The Morgan fingerprint density at radius 2 is 1.56 bits per heavy atom. The van der Waals surface area contributed by atoms with Gasteiger partial charge < -0.3 is 15.2 Å². The molecule has 0 aromatic heterocycles. The van der Waals surface area contributed by atoms with Gasteiger partial charge in [-0.2, -0.15) is 0 Å². The molecule has 1 unspecified atom stereocenters. The summed E-state index contributed by atoms with van der Waals surface area (Å²) in [5.74, 6) is 1.42. The molecule has 0 aliphatic heterocycles. The first-order chi connectivity index (χ1) is 8.85. The third kappa shape index (κ3) is 2.81. The molecule has 0 bridgehead atoms. The molecule has 0 amide bonds. The van der Waals surface area contributed by atoms with Crippen LogP contribution < -0.4 is 15.2 Å². The van der Waals surface area contributed by atoms with Gasteiger partial charge in [-0.15, -0.1) is 0 Å². The second-order valence-electron chi connectivity index (χ2n) is 3.90. The lowest BCUT2D eigenvalue weighted by Crippen LogP contribution is -2.18. The number of hydrogen-bond acceptors (Lipinski definition) is 3. The van der Waals surface area contributed by atoms with E-state index in [1.165, 1.54) is 0 Å². The molecule has 2 rings (SSSR count). The number of ether oxygens (including phenoxy) is 2. The van der Waals surface area contributed by atoms with Crippen molar-refractivity contribution in [3.63, 3.8) is 0 Å². The second kappa shape index (κ2) is 6.07. The summed E-state index contributed by atoms with van der Waals surface area (Å²) < 4.78 is 11.2. The SMILES string of the molecule is COc1ccccc1OC(CN)c1ccccc1. The van der Waals surface area contributed by atoms with Gasteiger partial charge in [0.1, 0.15) is 6.10 Å². The van der Waals surface area contributed by atoms with Crippen LogP contribution in [-0.4, -0.2) is 13.7 Å². The van der Waals surface area contributed by atoms with Crippen molar-refractivity contribution in [2.45, 2.75) is 6.10 Å². The summed E-state index contributed by atoms with van der Waals surface area (Å²) in [6, 6.07) is 17.5. The first-order valence-corrected chi connectivity index (χ1v) is 5.90. The van der Waals surface area contributed by atoms with Gasteiger partial charge in [0.25, 0.3) is 0 Å². The Morgan fingerprint density at radius 1 is 0.944 bits per heavy atom. The van der Waals surface area contributed by atoms with Crippen LogP contribution in [0.15, 0.2) is 54.6 Å². The van der Waals surface area contributed by atoms with Crippen LogP contribution in [0, 0.1) is 0 Å². The molecule has 0 radical (unpaired) electrons. The van der Waals surface area contributed by atoms with Crippen molar-refractivity contribution in [2.24, 2.45) is 5.73 Å². The quantitative estimate of drug-likeness (QED) is 0.878. The van der Waals surface area contributed by atoms with E-state index in [0.717, 1.165) is 5.56 Å². The number of nitrogens with two attached hydrogens (primary N) is 1. The Kier molecular flexibility index (Phi) is 4.20. The monoisotopic (exact) mass is 243 g/mol. The Bertz CT molecular complexity index is 485. The molecule has 3 nitrogen and oxygen atoms in total. The third-order valence-electron chi connectivity index (χ3n) is 2.72. The van der Waals surface area contributed by atoms with E-state index in [2.05, 4.69) is 0 Å². The molecule has 0 heterocycles. The van der Waals surface area contributed by atoms with Crippen molar-refractivity contribution in [3.8, 4) is 11.5 Å². The van der Waals surface area contributed by atoms with Crippen LogP contribution >= 0.6 is 0 Å². The summed E-state index contributed by atoms with van der Waals surface area (Å²) in [6.45, 7) is 0.419.